The van der Waals surface area contributed by atoms with Gasteiger partial charge in [-0.2, -0.15) is 0 Å². The van der Waals surface area contributed by atoms with Crippen LogP contribution < -0.4 is 16.0 Å². The zero-order chi connectivity index (χ0) is 10.8. The first kappa shape index (κ1) is 11.4. The molecule has 2 aliphatic heterocycles. The van der Waals surface area contributed by atoms with E-state index >= 15 is 0 Å². The first-order valence-corrected chi connectivity index (χ1v) is 6.43. The van der Waals surface area contributed by atoms with E-state index in [-0.39, 0.29) is 0 Å². The summed E-state index contributed by atoms with van der Waals surface area (Å²) in [6.45, 7) is 5.81. The van der Waals surface area contributed by atoms with Crippen LogP contribution in [0.25, 0.3) is 0 Å². The minimum Gasteiger partial charge on any atom is -0.315 e. The van der Waals surface area contributed by atoms with E-state index in [0.717, 1.165) is 12.0 Å². The summed E-state index contributed by atoms with van der Waals surface area (Å²) in [5.41, 5.74) is 0. The number of hydrogen-bond acceptors (Lipinski definition) is 3. The van der Waals surface area contributed by atoms with Crippen molar-refractivity contribution in [1.29, 1.82) is 0 Å². The zero-order valence-corrected chi connectivity index (χ0v) is 10.2. The van der Waals surface area contributed by atoms with Gasteiger partial charge in [-0.15, -0.1) is 0 Å². The molecule has 0 amide bonds. The van der Waals surface area contributed by atoms with Crippen molar-refractivity contribution >= 4 is 0 Å². The van der Waals surface area contributed by atoms with Gasteiger partial charge in [0.25, 0.3) is 0 Å². The van der Waals surface area contributed by atoms with Crippen LogP contribution in [-0.2, 0) is 0 Å². The fourth-order valence-electron chi connectivity index (χ4n) is 3.11. The Labute approximate surface area is 93.4 Å². The predicted octanol–water partition coefficient (Wildman–Crippen LogP) is 0.713. The number of hydrogen-bond donors (Lipinski definition) is 3. The van der Waals surface area contributed by atoms with Gasteiger partial charge in [0.2, 0.25) is 0 Å². The maximum absolute atomic E-state index is 3.68. The van der Waals surface area contributed by atoms with Crippen molar-refractivity contribution in [1.82, 2.24) is 16.0 Å². The largest absolute Gasteiger partial charge is 0.315 e. The fraction of sp³-hybridized carbons (Fsp3) is 1.00. The molecule has 2 aliphatic rings. The molecule has 3 heteroatoms. The van der Waals surface area contributed by atoms with Crippen LogP contribution >= 0.6 is 0 Å². The van der Waals surface area contributed by atoms with Crippen LogP contribution in [0.1, 0.15) is 33.1 Å². The van der Waals surface area contributed by atoms with Crippen molar-refractivity contribution in [2.45, 2.75) is 57.3 Å². The molecular formula is C12H25N3. The van der Waals surface area contributed by atoms with E-state index in [1.54, 1.807) is 0 Å². The van der Waals surface area contributed by atoms with Crippen LogP contribution in [0.4, 0.5) is 0 Å². The Morgan fingerprint density at radius 3 is 2.73 bits per heavy atom. The van der Waals surface area contributed by atoms with E-state index in [4.69, 9.17) is 0 Å². The van der Waals surface area contributed by atoms with Crippen molar-refractivity contribution in [3.05, 3.63) is 0 Å². The van der Waals surface area contributed by atoms with E-state index in [1.165, 1.54) is 25.8 Å². The molecule has 88 valence electrons. The number of rotatable bonds is 3. The molecule has 0 aliphatic carbocycles. The first-order valence-electron chi connectivity index (χ1n) is 6.43. The van der Waals surface area contributed by atoms with Gasteiger partial charge >= 0.3 is 0 Å². The monoisotopic (exact) mass is 211 g/mol. The standard InChI is InChI=1S/C12H25N3/c1-4-9-7-10(15-9)12-11(13-3)8(2)5-6-14-12/h8-15H,4-7H2,1-3H3. The molecule has 5 atom stereocenters. The molecule has 0 radical (unpaired) electrons. The summed E-state index contributed by atoms with van der Waals surface area (Å²) < 4.78 is 0. The lowest BCUT2D eigenvalue weighted by atomic mass is 9.79. The smallest absolute Gasteiger partial charge is 0.0378 e. The van der Waals surface area contributed by atoms with E-state index in [0.29, 0.717) is 18.1 Å². The normalized spacial score (nSPS) is 46.2. The van der Waals surface area contributed by atoms with Crippen LogP contribution in [0.5, 0.6) is 0 Å². The molecule has 5 unspecified atom stereocenters. The second-order valence-corrected chi connectivity index (χ2v) is 5.17. The Hall–Kier alpha value is -0.120. The van der Waals surface area contributed by atoms with Gasteiger partial charge in [0.1, 0.15) is 0 Å². The van der Waals surface area contributed by atoms with Crippen molar-refractivity contribution in [3.63, 3.8) is 0 Å². The molecule has 3 N–H and O–H groups in total. The summed E-state index contributed by atoms with van der Waals surface area (Å²) in [6.07, 6.45) is 3.91. The molecule has 0 aromatic rings. The molecule has 0 bridgehead atoms. The molecule has 3 nitrogen and oxygen atoms in total. The maximum Gasteiger partial charge on any atom is 0.0378 e. The topological polar surface area (TPSA) is 36.1 Å². The van der Waals surface area contributed by atoms with Crippen molar-refractivity contribution in [2.75, 3.05) is 13.6 Å². The SMILES string of the molecule is CCC1CC(C2NCCC(C)C2NC)N1. The van der Waals surface area contributed by atoms with Crippen LogP contribution in [0.3, 0.4) is 0 Å². The highest BCUT2D eigenvalue weighted by Crippen LogP contribution is 2.25. The Morgan fingerprint density at radius 2 is 2.13 bits per heavy atom. The van der Waals surface area contributed by atoms with E-state index in [2.05, 4.69) is 36.8 Å². The van der Waals surface area contributed by atoms with Gasteiger partial charge in [0.15, 0.2) is 0 Å². The number of piperidine rings is 1. The van der Waals surface area contributed by atoms with Crippen LogP contribution in [0.2, 0.25) is 0 Å². The van der Waals surface area contributed by atoms with Crippen LogP contribution in [0.15, 0.2) is 0 Å². The van der Waals surface area contributed by atoms with Gasteiger partial charge in [-0.1, -0.05) is 13.8 Å². The molecule has 0 saturated carbocycles. The maximum atomic E-state index is 3.68. The molecular weight excluding hydrogens is 186 g/mol. The van der Waals surface area contributed by atoms with E-state index in [9.17, 15) is 0 Å². The molecule has 0 spiro atoms. The lowest BCUT2D eigenvalue weighted by Crippen LogP contribution is -2.69. The van der Waals surface area contributed by atoms with Crippen molar-refractivity contribution in [2.24, 2.45) is 5.92 Å². The Morgan fingerprint density at radius 1 is 1.40 bits per heavy atom. The minimum atomic E-state index is 0.626. The highest BCUT2D eigenvalue weighted by atomic mass is 15.1. The van der Waals surface area contributed by atoms with Crippen LogP contribution in [-0.4, -0.2) is 37.8 Å². The van der Waals surface area contributed by atoms with Gasteiger partial charge in [-0.25, -0.2) is 0 Å². The molecule has 15 heavy (non-hydrogen) atoms. The van der Waals surface area contributed by atoms with Gasteiger partial charge in [0, 0.05) is 24.2 Å². The highest BCUT2D eigenvalue weighted by molar-refractivity contribution is 5.03. The lowest BCUT2D eigenvalue weighted by molar-refractivity contribution is 0.132. The third kappa shape index (κ3) is 2.19. The van der Waals surface area contributed by atoms with Gasteiger partial charge in [0.05, 0.1) is 0 Å². The average Bonchev–Trinajstić information content (AvgIpc) is 2.16. The Balaban J connectivity index is 1.90. The lowest BCUT2D eigenvalue weighted by Gasteiger charge is -2.48. The summed E-state index contributed by atoms with van der Waals surface area (Å²) >= 11 is 0. The minimum absolute atomic E-state index is 0.626. The molecule has 2 heterocycles. The molecule has 2 fully saturated rings. The Kier molecular flexibility index (Phi) is 3.65. The summed E-state index contributed by atoms with van der Waals surface area (Å²) in [6, 6.07) is 2.72. The first-order chi connectivity index (χ1) is 7.26. The molecule has 2 rings (SSSR count). The third-order valence-corrected chi connectivity index (χ3v) is 4.23. The van der Waals surface area contributed by atoms with Crippen molar-refractivity contribution in [3.8, 4) is 0 Å². The molecule has 0 aromatic carbocycles. The van der Waals surface area contributed by atoms with Crippen molar-refractivity contribution < 1.29 is 0 Å². The third-order valence-electron chi connectivity index (χ3n) is 4.23. The van der Waals surface area contributed by atoms with Gasteiger partial charge < -0.3 is 16.0 Å². The Bertz CT molecular complexity index is 201. The zero-order valence-electron chi connectivity index (χ0n) is 10.2. The van der Waals surface area contributed by atoms with E-state index < -0.39 is 0 Å². The van der Waals surface area contributed by atoms with E-state index in [1.807, 2.05) is 0 Å². The van der Waals surface area contributed by atoms with Gasteiger partial charge in [-0.05, 0) is 38.8 Å². The van der Waals surface area contributed by atoms with Crippen LogP contribution in [0, 0.1) is 5.92 Å². The fourth-order valence-corrected chi connectivity index (χ4v) is 3.11. The van der Waals surface area contributed by atoms with Gasteiger partial charge in [-0.3, -0.25) is 0 Å². The second kappa shape index (κ2) is 4.81. The number of likely N-dealkylation sites (N-methyl/N-ethyl adjacent to an activating group) is 1. The molecule has 2 saturated heterocycles. The average molecular weight is 211 g/mol. The predicted molar refractivity (Wildman–Crippen MR) is 64.0 cm³/mol. The summed E-state index contributed by atoms with van der Waals surface area (Å²) in [7, 11) is 2.09. The highest BCUT2D eigenvalue weighted by Gasteiger charge is 2.40. The molecule has 0 aromatic heterocycles. The quantitative estimate of drug-likeness (QED) is 0.643. The summed E-state index contributed by atoms with van der Waals surface area (Å²) in [5, 5.41) is 10.8. The number of nitrogens with one attached hydrogen (secondary N) is 3. The summed E-state index contributed by atoms with van der Waals surface area (Å²) in [4.78, 5) is 0. The second-order valence-electron chi connectivity index (χ2n) is 5.17. The summed E-state index contributed by atoms with van der Waals surface area (Å²) in [5.74, 6) is 0.795.